The molecule has 0 saturated heterocycles. The lowest BCUT2D eigenvalue weighted by atomic mass is 10.2. The number of carboxylic acid groups (broad SMARTS) is 1. The number of benzene rings is 1. The first-order chi connectivity index (χ1) is 9.51. The van der Waals surface area contributed by atoms with Crippen LogP contribution >= 0.6 is 23.5 Å². The molecule has 0 fully saturated rings. The van der Waals surface area contributed by atoms with E-state index in [0.717, 1.165) is 22.7 Å². The maximum Gasteiger partial charge on any atom is 0.313 e. The van der Waals surface area contributed by atoms with Gasteiger partial charge in [0.1, 0.15) is 0 Å². The van der Waals surface area contributed by atoms with Gasteiger partial charge in [-0.1, -0.05) is 24.8 Å². The molecule has 1 aromatic heterocycles. The quantitative estimate of drug-likeness (QED) is 0.830. The van der Waals surface area contributed by atoms with Crippen LogP contribution in [0.1, 0.15) is 12.5 Å². The summed E-state index contributed by atoms with van der Waals surface area (Å²) in [7, 11) is 0. The number of carbonyl (C=O) groups is 1. The Labute approximate surface area is 127 Å². The molecule has 0 radical (unpaired) electrons. The summed E-state index contributed by atoms with van der Waals surface area (Å²) in [6, 6.07) is 6.14. The van der Waals surface area contributed by atoms with Gasteiger partial charge < -0.3 is 9.67 Å². The van der Waals surface area contributed by atoms with Crippen LogP contribution in [0, 0.1) is 6.92 Å². The number of imidazole rings is 1. The molecule has 1 unspecified atom stereocenters. The van der Waals surface area contributed by atoms with Crippen molar-refractivity contribution in [3.05, 3.63) is 23.8 Å². The van der Waals surface area contributed by atoms with E-state index in [4.69, 9.17) is 5.11 Å². The highest BCUT2D eigenvalue weighted by atomic mass is 32.2. The number of aliphatic carboxylic acids is 1. The fraction of sp³-hybridized carbons (Fsp3) is 0.429. The van der Waals surface area contributed by atoms with E-state index in [1.54, 1.807) is 11.8 Å². The number of carboxylic acids is 1. The zero-order valence-electron chi connectivity index (χ0n) is 11.8. The third-order valence-corrected chi connectivity index (χ3v) is 4.95. The summed E-state index contributed by atoms with van der Waals surface area (Å²) in [5.41, 5.74) is 3.20. The molecule has 2 rings (SSSR count). The minimum Gasteiger partial charge on any atom is -0.481 e. The molecule has 0 amide bonds. The topological polar surface area (TPSA) is 55.1 Å². The van der Waals surface area contributed by atoms with E-state index in [0.29, 0.717) is 5.25 Å². The zero-order valence-corrected chi connectivity index (χ0v) is 13.4. The third kappa shape index (κ3) is 3.49. The van der Waals surface area contributed by atoms with Crippen LogP contribution < -0.4 is 0 Å². The summed E-state index contributed by atoms with van der Waals surface area (Å²) in [4.78, 5) is 15.3. The second-order valence-electron chi connectivity index (χ2n) is 4.73. The number of fused-ring (bicyclic) bond motifs is 1. The Morgan fingerprint density at radius 1 is 1.50 bits per heavy atom. The monoisotopic (exact) mass is 310 g/mol. The molecule has 0 bridgehead atoms. The Hall–Kier alpha value is -1.14. The molecular formula is C14H18N2O2S2. The molecule has 0 aliphatic carbocycles. The van der Waals surface area contributed by atoms with Crippen molar-refractivity contribution in [1.29, 1.82) is 0 Å². The van der Waals surface area contributed by atoms with Crippen molar-refractivity contribution in [2.75, 3.05) is 12.0 Å². The van der Waals surface area contributed by atoms with Crippen LogP contribution in [-0.2, 0) is 11.3 Å². The Kier molecular flexibility index (Phi) is 4.99. The van der Waals surface area contributed by atoms with Crippen LogP contribution in [0.2, 0.25) is 0 Å². The van der Waals surface area contributed by atoms with E-state index in [-0.39, 0.29) is 5.75 Å². The number of aryl methyl sites for hydroxylation is 1. The van der Waals surface area contributed by atoms with Crippen LogP contribution in [0.3, 0.4) is 0 Å². The number of nitrogens with zero attached hydrogens (tertiary/aromatic N) is 2. The van der Waals surface area contributed by atoms with Crippen molar-refractivity contribution in [3.8, 4) is 0 Å². The molecular weight excluding hydrogens is 292 g/mol. The number of aromatic nitrogens is 2. The summed E-state index contributed by atoms with van der Waals surface area (Å²) in [5.74, 6) is -0.779. The normalized spacial score (nSPS) is 12.8. The van der Waals surface area contributed by atoms with E-state index in [2.05, 4.69) is 35.7 Å². The Morgan fingerprint density at radius 3 is 2.90 bits per heavy atom. The van der Waals surface area contributed by atoms with Crippen LogP contribution in [0.5, 0.6) is 0 Å². The van der Waals surface area contributed by atoms with Gasteiger partial charge in [0.2, 0.25) is 0 Å². The van der Waals surface area contributed by atoms with Gasteiger partial charge >= 0.3 is 5.97 Å². The van der Waals surface area contributed by atoms with Crippen molar-refractivity contribution < 1.29 is 9.90 Å². The molecule has 0 saturated carbocycles. The van der Waals surface area contributed by atoms with E-state index in [1.807, 2.05) is 12.1 Å². The lowest BCUT2D eigenvalue weighted by Gasteiger charge is -2.13. The van der Waals surface area contributed by atoms with Gasteiger partial charge in [-0.2, -0.15) is 11.8 Å². The average molecular weight is 310 g/mol. The Morgan fingerprint density at radius 2 is 2.25 bits per heavy atom. The molecule has 1 heterocycles. The molecule has 1 atom stereocenters. The summed E-state index contributed by atoms with van der Waals surface area (Å²) < 4.78 is 2.14. The van der Waals surface area contributed by atoms with Crippen molar-refractivity contribution in [2.24, 2.45) is 0 Å². The van der Waals surface area contributed by atoms with E-state index in [9.17, 15) is 4.79 Å². The maximum absolute atomic E-state index is 10.8. The predicted molar refractivity (Wildman–Crippen MR) is 85.8 cm³/mol. The van der Waals surface area contributed by atoms with E-state index in [1.165, 1.54) is 17.3 Å². The first-order valence-corrected chi connectivity index (χ1v) is 8.63. The minimum atomic E-state index is -0.817. The van der Waals surface area contributed by atoms with Gasteiger partial charge in [0.25, 0.3) is 0 Å². The van der Waals surface area contributed by atoms with Gasteiger partial charge in [0.05, 0.1) is 16.8 Å². The standard InChI is InChI=1S/C14H18N2O2S2/c1-9-4-5-11-12(6-9)16(7-10(2)19-3)14(15-11)20-8-13(17)18/h4-6,10H,7-8H2,1-3H3,(H,17,18). The molecule has 0 spiro atoms. The zero-order chi connectivity index (χ0) is 14.7. The number of hydrogen-bond acceptors (Lipinski definition) is 4. The second kappa shape index (κ2) is 6.54. The molecule has 0 aliphatic rings. The van der Waals surface area contributed by atoms with Gasteiger partial charge in [0, 0.05) is 11.8 Å². The fourth-order valence-electron chi connectivity index (χ4n) is 1.96. The van der Waals surface area contributed by atoms with E-state index >= 15 is 0 Å². The van der Waals surface area contributed by atoms with Gasteiger partial charge in [-0.25, -0.2) is 4.98 Å². The van der Waals surface area contributed by atoms with Crippen molar-refractivity contribution in [1.82, 2.24) is 9.55 Å². The van der Waals surface area contributed by atoms with Gasteiger partial charge in [0.15, 0.2) is 5.16 Å². The van der Waals surface area contributed by atoms with Gasteiger partial charge in [-0.3, -0.25) is 4.79 Å². The smallest absolute Gasteiger partial charge is 0.313 e. The summed E-state index contributed by atoms with van der Waals surface area (Å²) >= 11 is 3.08. The van der Waals surface area contributed by atoms with Crippen molar-refractivity contribution in [2.45, 2.75) is 30.8 Å². The Balaban J connectivity index is 2.42. The van der Waals surface area contributed by atoms with Crippen molar-refractivity contribution in [3.63, 3.8) is 0 Å². The molecule has 2 aromatic rings. The molecule has 4 nitrogen and oxygen atoms in total. The highest BCUT2D eigenvalue weighted by Gasteiger charge is 2.14. The average Bonchev–Trinajstić information content (AvgIpc) is 2.74. The van der Waals surface area contributed by atoms with Crippen LogP contribution in [0.15, 0.2) is 23.4 Å². The molecule has 0 aliphatic heterocycles. The summed E-state index contributed by atoms with van der Waals surface area (Å²) in [5, 5.41) is 10.1. The lowest BCUT2D eigenvalue weighted by molar-refractivity contribution is -0.133. The first kappa shape index (κ1) is 15.3. The largest absolute Gasteiger partial charge is 0.481 e. The molecule has 6 heteroatoms. The summed E-state index contributed by atoms with van der Waals surface area (Å²) in [6.07, 6.45) is 2.08. The molecule has 1 N–H and O–H groups in total. The van der Waals surface area contributed by atoms with Crippen LogP contribution in [0.4, 0.5) is 0 Å². The van der Waals surface area contributed by atoms with E-state index < -0.39 is 5.97 Å². The van der Waals surface area contributed by atoms with Gasteiger partial charge in [-0.15, -0.1) is 0 Å². The number of rotatable bonds is 6. The maximum atomic E-state index is 10.8. The minimum absolute atomic E-state index is 0.0377. The Bertz CT molecular complexity index is 625. The predicted octanol–water partition coefficient (Wildman–Crippen LogP) is 3.27. The fourth-order valence-corrected chi connectivity index (χ4v) is 3.00. The second-order valence-corrected chi connectivity index (χ2v) is 6.94. The van der Waals surface area contributed by atoms with Crippen molar-refractivity contribution >= 4 is 40.5 Å². The SMILES string of the molecule is CSC(C)Cn1c(SCC(=O)O)nc2ccc(C)cc21. The van der Waals surface area contributed by atoms with Crippen LogP contribution in [-0.4, -0.2) is 37.9 Å². The lowest BCUT2D eigenvalue weighted by Crippen LogP contribution is -2.11. The highest BCUT2D eigenvalue weighted by molar-refractivity contribution is 7.99. The third-order valence-electron chi connectivity index (χ3n) is 3.04. The molecule has 108 valence electrons. The van der Waals surface area contributed by atoms with Crippen LogP contribution in [0.25, 0.3) is 11.0 Å². The summed E-state index contributed by atoms with van der Waals surface area (Å²) in [6.45, 7) is 5.06. The van der Waals surface area contributed by atoms with Gasteiger partial charge in [-0.05, 0) is 30.9 Å². The number of hydrogen-bond donors (Lipinski definition) is 1. The molecule has 20 heavy (non-hydrogen) atoms. The highest BCUT2D eigenvalue weighted by Crippen LogP contribution is 2.26. The first-order valence-electron chi connectivity index (χ1n) is 6.35. The molecule has 1 aromatic carbocycles. The number of thioether (sulfide) groups is 2.